The summed E-state index contributed by atoms with van der Waals surface area (Å²) in [5.41, 5.74) is 1.87. The van der Waals surface area contributed by atoms with Crippen LogP contribution in [0.4, 0.5) is 5.95 Å². The van der Waals surface area contributed by atoms with Gasteiger partial charge in [0.2, 0.25) is 5.95 Å². The number of benzene rings is 1. The van der Waals surface area contributed by atoms with Gasteiger partial charge in [0.25, 0.3) is 5.91 Å². The third-order valence-corrected chi connectivity index (χ3v) is 3.96. The molecule has 1 N–H and O–H groups in total. The number of hydrogen-bond donors (Lipinski definition) is 1. The molecular formula is C18H22N4O2. The van der Waals surface area contributed by atoms with Crippen molar-refractivity contribution in [3.05, 3.63) is 47.8 Å². The van der Waals surface area contributed by atoms with Crippen molar-refractivity contribution in [3.8, 4) is 5.75 Å². The molecule has 1 fully saturated rings. The monoisotopic (exact) mass is 326 g/mol. The zero-order valence-electron chi connectivity index (χ0n) is 14.0. The molecule has 2 aromatic rings. The molecule has 1 aromatic carbocycles. The van der Waals surface area contributed by atoms with Crippen LogP contribution in [0.1, 0.15) is 17.8 Å². The molecule has 1 aromatic heterocycles. The van der Waals surface area contributed by atoms with Gasteiger partial charge in [0, 0.05) is 30.5 Å². The lowest BCUT2D eigenvalue weighted by atomic mass is 10.3. The number of hydrogen-bond acceptors (Lipinski definition) is 5. The Bertz CT molecular complexity index is 685. The first-order chi connectivity index (χ1) is 11.6. The maximum atomic E-state index is 12.3. The second kappa shape index (κ2) is 7.29. The molecular weight excluding hydrogens is 304 g/mol. The molecule has 1 aliphatic rings. The van der Waals surface area contributed by atoms with Crippen molar-refractivity contribution in [1.82, 2.24) is 14.9 Å². The number of carbonyl (C=O) groups excluding carboxylic acids is 1. The van der Waals surface area contributed by atoms with Gasteiger partial charge in [0.1, 0.15) is 5.75 Å². The number of rotatable bonds is 5. The van der Waals surface area contributed by atoms with E-state index in [1.54, 1.807) is 0 Å². The third kappa shape index (κ3) is 4.22. The summed E-state index contributed by atoms with van der Waals surface area (Å²) >= 11 is 0. The molecule has 1 unspecified atom stereocenters. The zero-order valence-corrected chi connectivity index (χ0v) is 14.0. The van der Waals surface area contributed by atoms with E-state index in [2.05, 4.69) is 15.3 Å². The average Bonchev–Trinajstić information content (AvgIpc) is 3.01. The van der Waals surface area contributed by atoms with Crippen LogP contribution in [0.3, 0.4) is 0 Å². The van der Waals surface area contributed by atoms with E-state index in [4.69, 9.17) is 4.74 Å². The Labute approximate surface area is 141 Å². The van der Waals surface area contributed by atoms with Gasteiger partial charge < -0.3 is 15.0 Å². The van der Waals surface area contributed by atoms with Gasteiger partial charge in [-0.1, -0.05) is 18.2 Å². The minimum Gasteiger partial charge on any atom is -0.484 e. The van der Waals surface area contributed by atoms with Crippen LogP contribution in [0.25, 0.3) is 0 Å². The first-order valence-electron chi connectivity index (χ1n) is 8.14. The molecule has 0 spiro atoms. The normalized spacial score (nSPS) is 16.9. The molecule has 6 nitrogen and oxygen atoms in total. The van der Waals surface area contributed by atoms with Crippen LogP contribution in [0.5, 0.6) is 5.75 Å². The largest absolute Gasteiger partial charge is 0.484 e. The summed E-state index contributed by atoms with van der Waals surface area (Å²) in [4.78, 5) is 22.9. The van der Waals surface area contributed by atoms with E-state index in [0.717, 1.165) is 24.4 Å². The van der Waals surface area contributed by atoms with Gasteiger partial charge in [-0.25, -0.2) is 9.97 Å². The highest BCUT2D eigenvalue weighted by atomic mass is 16.5. The highest BCUT2D eigenvalue weighted by molar-refractivity contribution is 5.78. The fourth-order valence-corrected chi connectivity index (χ4v) is 2.83. The van der Waals surface area contributed by atoms with Gasteiger partial charge in [-0.3, -0.25) is 4.79 Å². The number of nitrogens with one attached hydrogen (secondary N) is 1. The summed E-state index contributed by atoms with van der Waals surface area (Å²) < 4.78 is 5.53. The van der Waals surface area contributed by atoms with Crippen LogP contribution in [-0.2, 0) is 4.79 Å². The Hall–Kier alpha value is -2.63. The maximum Gasteiger partial charge on any atom is 0.260 e. The molecule has 1 amide bonds. The molecule has 2 heterocycles. The van der Waals surface area contributed by atoms with Crippen LogP contribution in [0.2, 0.25) is 0 Å². The number of ether oxygens (including phenoxy) is 1. The molecule has 1 atom stereocenters. The topological polar surface area (TPSA) is 67.4 Å². The Morgan fingerprint density at radius 1 is 1.25 bits per heavy atom. The van der Waals surface area contributed by atoms with Crippen molar-refractivity contribution in [2.24, 2.45) is 0 Å². The quantitative estimate of drug-likeness (QED) is 0.912. The van der Waals surface area contributed by atoms with Crippen LogP contribution in [0, 0.1) is 13.8 Å². The molecule has 6 heteroatoms. The van der Waals surface area contributed by atoms with E-state index in [0.29, 0.717) is 18.2 Å². The highest BCUT2D eigenvalue weighted by Gasteiger charge is 2.26. The molecule has 0 aliphatic carbocycles. The molecule has 1 aliphatic heterocycles. The van der Waals surface area contributed by atoms with Gasteiger partial charge in [0.05, 0.1) is 0 Å². The van der Waals surface area contributed by atoms with Crippen molar-refractivity contribution in [2.75, 3.05) is 25.0 Å². The van der Waals surface area contributed by atoms with E-state index < -0.39 is 0 Å². The fourth-order valence-electron chi connectivity index (χ4n) is 2.83. The lowest BCUT2D eigenvalue weighted by Gasteiger charge is -2.17. The summed E-state index contributed by atoms with van der Waals surface area (Å²) in [6.07, 6.45) is 0.882. The summed E-state index contributed by atoms with van der Waals surface area (Å²) in [6, 6.07) is 11.5. The van der Waals surface area contributed by atoms with Gasteiger partial charge in [-0.05, 0) is 38.5 Å². The molecule has 0 radical (unpaired) electrons. The molecule has 1 saturated heterocycles. The fraction of sp³-hybridized carbons (Fsp3) is 0.389. The lowest BCUT2D eigenvalue weighted by Crippen LogP contribution is -2.35. The second-order valence-corrected chi connectivity index (χ2v) is 6.05. The van der Waals surface area contributed by atoms with Gasteiger partial charge in [0.15, 0.2) is 6.61 Å². The molecule has 24 heavy (non-hydrogen) atoms. The third-order valence-electron chi connectivity index (χ3n) is 3.96. The number of para-hydroxylation sites is 1. The van der Waals surface area contributed by atoms with Crippen molar-refractivity contribution < 1.29 is 9.53 Å². The standard InChI is InChI=1S/C18H22N4O2/c1-13-10-14(2)20-18(19-13)21-15-8-9-22(11-15)17(23)12-24-16-6-4-3-5-7-16/h3-7,10,15H,8-9,11-12H2,1-2H3,(H,19,20,21). The first kappa shape index (κ1) is 16.2. The van der Waals surface area contributed by atoms with Gasteiger partial charge in [-0.2, -0.15) is 0 Å². The lowest BCUT2D eigenvalue weighted by molar-refractivity contribution is -0.132. The maximum absolute atomic E-state index is 12.3. The van der Waals surface area contributed by atoms with Crippen LogP contribution >= 0.6 is 0 Å². The van der Waals surface area contributed by atoms with E-state index in [-0.39, 0.29) is 18.6 Å². The second-order valence-electron chi connectivity index (χ2n) is 6.05. The van der Waals surface area contributed by atoms with Crippen LogP contribution < -0.4 is 10.1 Å². The molecule has 126 valence electrons. The minimum absolute atomic E-state index is 0.00416. The molecule has 0 bridgehead atoms. The number of carbonyl (C=O) groups is 1. The van der Waals surface area contributed by atoms with E-state index in [1.165, 1.54) is 0 Å². The number of aryl methyl sites for hydroxylation is 2. The van der Waals surface area contributed by atoms with Crippen LogP contribution in [0.15, 0.2) is 36.4 Å². The van der Waals surface area contributed by atoms with Crippen LogP contribution in [-0.4, -0.2) is 46.5 Å². The summed E-state index contributed by atoms with van der Waals surface area (Å²) in [7, 11) is 0. The number of likely N-dealkylation sites (tertiary alicyclic amines) is 1. The van der Waals surface area contributed by atoms with Gasteiger partial charge >= 0.3 is 0 Å². The Balaban J connectivity index is 1.50. The number of nitrogens with zero attached hydrogens (tertiary/aromatic N) is 3. The van der Waals surface area contributed by atoms with E-state index >= 15 is 0 Å². The van der Waals surface area contributed by atoms with Crippen molar-refractivity contribution >= 4 is 11.9 Å². The van der Waals surface area contributed by atoms with Crippen molar-refractivity contribution in [2.45, 2.75) is 26.3 Å². The SMILES string of the molecule is Cc1cc(C)nc(NC2CCN(C(=O)COc3ccccc3)C2)n1. The van der Waals surface area contributed by atoms with E-state index in [9.17, 15) is 4.79 Å². The number of amides is 1. The number of aromatic nitrogens is 2. The summed E-state index contributed by atoms with van der Waals surface area (Å²) in [6.45, 7) is 5.33. The summed E-state index contributed by atoms with van der Waals surface area (Å²) in [5.74, 6) is 1.35. The average molecular weight is 326 g/mol. The van der Waals surface area contributed by atoms with Crippen molar-refractivity contribution in [1.29, 1.82) is 0 Å². The minimum atomic E-state index is 0.00416. The summed E-state index contributed by atoms with van der Waals surface area (Å²) in [5, 5.41) is 3.32. The molecule has 3 rings (SSSR count). The number of anilines is 1. The first-order valence-corrected chi connectivity index (χ1v) is 8.14. The highest BCUT2D eigenvalue weighted by Crippen LogP contribution is 2.15. The predicted molar refractivity (Wildman–Crippen MR) is 92.1 cm³/mol. The van der Waals surface area contributed by atoms with Crippen molar-refractivity contribution in [3.63, 3.8) is 0 Å². The molecule has 0 saturated carbocycles. The Morgan fingerprint density at radius 3 is 2.67 bits per heavy atom. The Morgan fingerprint density at radius 2 is 1.96 bits per heavy atom. The predicted octanol–water partition coefficient (Wildman–Crippen LogP) is 2.19. The van der Waals surface area contributed by atoms with E-state index in [1.807, 2.05) is 55.1 Å². The Kier molecular flexibility index (Phi) is 4.93. The van der Waals surface area contributed by atoms with Gasteiger partial charge in [-0.15, -0.1) is 0 Å². The zero-order chi connectivity index (χ0) is 16.9. The smallest absolute Gasteiger partial charge is 0.260 e.